The number of hydrogen-bond donors (Lipinski definition) is 5. The number of ether oxygens (including phenoxy) is 1. The molecule has 0 spiro atoms. The number of carbonyl (C=O) groups is 4. The molecule has 0 saturated heterocycles. The molecule has 0 aliphatic carbocycles. The van der Waals surface area contributed by atoms with Crippen LogP contribution in [-0.2, 0) is 9.53 Å². The average molecular weight is 578 g/mol. The third-order valence-corrected chi connectivity index (χ3v) is 5.23. The highest BCUT2D eigenvalue weighted by atomic mass is 16.6. The smallest absolute Gasteiger partial charge is 0.410 e. The lowest BCUT2D eigenvalue weighted by Crippen LogP contribution is -2.38. The van der Waals surface area contributed by atoms with Gasteiger partial charge in [0.2, 0.25) is 11.9 Å². The molecule has 42 heavy (non-hydrogen) atoms. The molecule has 0 bridgehead atoms. The fourth-order valence-electron chi connectivity index (χ4n) is 3.38. The van der Waals surface area contributed by atoms with Gasteiger partial charge < -0.3 is 30.9 Å². The van der Waals surface area contributed by atoms with E-state index in [4.69, 9.17) is 4.74 Å². The summed E-state index contributed by atoms with van der Waals surface area (Å²) in [6.45, 7) is 7.48. The van der Waals surface area contributed by atoms with Crippen molar-refractivity contribution in [3.63, 3.8) is 0 Å². The van der Waals surface area contributed by atoms with E-state index in [1.54, 1.807) is 69.6 Å². The minimum Gasteiger partial charge on any atom is -0.444 e. The first kappa shape index (κ1) is 31.3. The summed E-state index contributed by atoms with van der Waals surface area (Å²) in [4.78, 5) is 63.6. The molecule has 3 aromatic rings. The largest absolute Gasteiger partial charge is 0.444 e. The highest BCUT2D eigenvalue weighted by molar-refractivity contribution is 6.08. The van der Waals surface area contributed by atoms with E-state index in [-0.39, 0.29) is 23.9 Å². The van der Waals surface area contributed by atoms with Crippen LogP contribution in [0.5, 0.6) is 0 Å². The maximum Gasteiger partial charge on any atom is 0.410 e. The first-order valence-electron chi connectivity index (χ1n) is 13.2. The van der Waals surface area contributed by atoms with Crippen LogP contribution >= 0.6 is 0 Å². The summed E-state index contributed by atoms with van der Waals surface area (Å²) >= 11 is 0. The molecule has 0 fully saturated rings. The third-order valence-electron chi connectivity index (χ3n) is 5.23. The Labute approximate surface area is 243 Å². The minimum atomic E-state index is -0.683. The highest BCUT2D eigenvalue weighted by Gasteiger charge is 2.21. The number of carbonyl (C=O) groups excluding carboxylic acids is 4. The van der Waals surface area contributed by atoms with Crippen molar-refractivity contribution in [1.82, 2.24) is 19.9 Å². The third kappa shape index (κ3) is 10.0. The van der Waals surface area contributed by atoms with Crippen LogP contribution in [0, 0.1) is 0 Å². The minimum absolute atomic E-state index is 0.00207. The number of benzene rings is 1. The van der Waals surface area contributed by atoms with Gasteiger partial charge >= 0.3 is 12.1 Å². The molecule has 0 saturated carbocycles. The van der Waals surface area contributed by atoms with Gasteiger partial charge in [0.1, 0.15) is 23.5 Å². The summed E-state index contributed by atoms with van der Waals surface area (Å²) in [5, 5.41) is 13.7. The number of nitrogens with zero attached hydrogens (tertiary/aromatic N) is 4. The van der Waals surface area contributed by atoms with E-state index >= 15 is 0 Å². The summed E-state index contributed by atoms with van der Waals surface area (Å²) in [6.07, 6.45) is 4.54. The Bertz CT molecular complexity index is 1410. The highest BCUT2D eigenvalue weighted by Crippen LogP contribution is 2.20. The van der Waals surface area contributed by atoms with Crippen LogP contribution in [0.4, 0.5) is 38.4 Å². The second kappa shape index (κ2) is 14.4. The van der Waals surface area contributed by atoms with E-state index in [9.17, 15) is 19.2 Å². The van der Waals surface area contributed by atoms with E-state index in [1.807, 2.05) is 6.92 Å². The molecule has 222 valence electrons. The number of pyridine rings is 1. The van der Waals surface area contributed by atoms with E-state index in [1.165, 1.54) is 18.1 Å². The molecule has 1 aromatic carbocycles. The first-order valence-corrected chi connectivity index (χ1v) is 13.2. The van der Waals surface area contributed by atoms with Crippen molar-refractivity contribution in [2.24, 2.45) is 0 Å². The van der Waals surface area contributed by atoms with Gasteiger partial charge in [0, 0.05) is 49.2 Å². The van der Waals surface area contributed by atoms with E-state index < -0.39 is 29.5 Å². The Morgan fingerprint density at radius 3 is 2.29 bits per heavy atom. The Morgan fingerprint density at radius 2 is 1.62 bits per heavy atom. The van der Waals surface area contributed by atoms with Crippen molar-refractivity contribution >= 4 is 52.8 Å². The van der Waals surface area contributed by atoms with Crippen molar-refractivity contribution in [3.05, 3.63) is 60.6 Å². The zero-order chi connectivity index (χ0) is 30.7. The van der Waals surface area contributed by atoms with Gasteiger partial charge in [0.15, 0.2) is 0 Å². The summed E-state index contributed by atoms with van der Waals surface area (Å²) in [6, 6.07) is 9.23. The molecule has 3 rings (SSSR count). The van der Waals surface area contributed by atoms with Crippen molar-refractivity contribution in [2.75, 3.05) is 46.7 Å². The molecular weight excluding hydrogens is 542 g/mol. The number of aromatic nitrogens is 3. The molecule has 5 amide bonds. The fraction of sp³-hybridized carbons (Fsp3) is 0.321. The normalized spacial score (nSPS) is 10.7. The molecule has 14 nitrogen and oxygen atoms in total. The molecule has 5 N–H and O–H groups in total. The van der Waals surface area contributed by atoms with Crippen molar-refractivity contribution < 1.29 is 23.9 Å². The quantitative estimate of drug-likeness (QED) is 0.233. The van der Waals surface area contributed by atoms with Gasteiger partial charge in [-0.1, -0.05) is 13.0 Å². The monoisotopic (exact) mass is 577 g/mol. The number of likely N-dealkylation sites (N-methyl/N-ethyl adjacent to an activating group) is 1. The van der Waals surface area contributed by atoms with Gasteiger partial charge in [-0.05, 0) is 57.5 Å². The lowest BCUT2D eigenvalue weighted by Gasteiger charge is -2.24. The summed E-state index contributed by atoms with van der Waals surface area (Å²) in [7, 11) is 1.46. The molecule has 0 radical (unpaired) electrons. The van der Waals surface area contributed by atoms with Crippen LogP contribution in [0.15, 0.2) is 55.0 Å². The van der Waals surface area contributed by atoms with Crippen molar-refractivity contribution in [1.29, 1.82) is 0 Å². The standard InChI is InChI=1S/C28H35N9O5/c1-6-12-30-23-21(16-31-25(35-23)36-26(40)34-18-10-13-29-14-11-18)24(39)33-20-9-7-8-19(15-20)32-22(38)17-37(5)27(41)42-28(2,3)4/h7-11,13-16H,6,12,17H2,1-5H3,(H,32,38)(H,33,39)(H3,29,30,31,34,35,36,40). The second-order valence-electron chi connectivity index (χ2n) is 10.1. The predicted molar refractivity (Wildman–Crippen MR) is 160 cm³/mol. The van der Waals surface area contributed by atoms with Gasteiger partial charge in [-0.2, -0.15) is 4.98 Å². The Balaban J connectivity index is 1.65. The Kier molecular flexibility index (Phi) is 10.7. The van der Waals surface area contributed by atoms with Crippen molar-refractivity contribution in [3.8, 4) is 0 Å². The van der Waals surface area contributed by atoms with Crippen LogP contribution < -0.4 is 26.6 Å². The fourth-order valence-corrected chi connectivity index (χ4v) is 3.38. The van der Waals surface area contributed by atoms with Crippen LogP contribution in [0.3, 0.4) is 0 Å². The molecule has 0 unspecified atom stereocenters. The van der Waals surface area contributed by atoms with Crippen LogP contribution in [0.2, 0.25) is 0 Å². The van der Waals surface area contributed by atoms with E-state index in [2.05, 4.69) is 41.5 Å². The van der Waals surface area contributed by atoms with E-state index in [0.717, 1.165) is 6.42 Å². The summed E-state index contributed by atoms with van der Waals surface area (Å²) < 4.78 is 5.26. The number of rotatable bonds is 10. The molecule has 0 atom stereocenters. The molecular formula is C28H35N9O5. The number of hydrogen-bond acceptors (Lipinski definition) is 9. The Hall–Kier alpha value is -5.27. The lowest BCUT2D eigenvalue weighted by molar-refractivity contribution is -0.117. The topological polar surface area (TPSA) is 180 Å². The van der Waals surface area contributed by atoms with Crippen LogP contribution in [-0.4, -0.2) is 69.5 Å². The van der Waals surface area contributed by atoms with Crippen molar-refractivity contribution in [2.45, 2.75) is 39.7 Å². The predicted octanol–water partition coefficient (Wildman–Crippen LogP) is 4.40. The molecule has 14 heteroatoms. The number of nitrogens with one attached hydrogen (secondary N) is 5. The van der Waals surface area contributed by atoms with Gasteiger partial charge in [-0.25, -0.2) is 14.6 Å². The zero-order valence-corrected chi connectivity index (χ0v) is 24.1. The SMILES string of the molecule is CCCNc1nc(NC(=O)Nc2ccncc2)ncc1C(=O)Nc1cccc(NC(=O)CN(C)C(=O)OC(C)(C)C)c1. The molecule has 2 heterocycles. The number of urea groups is 1. The van der Waals surface area contributed by atoms with E-state index in [0.29, 0.717) is 23.6 Å². The van der Waals surface area contributed by atoms with Gasteiger partial charge in [0.05, 0.1) is 0 Å². The van der Waals surface area contributed by atoms with Gasteiger partial charge in [0.25, 0.3) is 5.91 Å². The maximum absolute atomic E-state index is 13.2. The molecule has 0 aliphatic rings. The number of amides is 5. The van der Waals surface area contributed by atoms with Crippen LogP contribution in [0.1, 0.15) is 44.5 Å². The maximum atomic E-state index is 13.2. The second-order valence-corrected chi connectivity index (χ2v) is 10.1. The molecule has 0 aliphatic heterocycles. The van der Waals surface area contributed by atoms with Crippen LogP contribution in [0.25, 0.3) is 0 Å². The number of anilines is 5. The van der Waals surface area contributed by atoms with Gasteiger partial charge in [-0.3, -0.25) is 19.9 Å². The molecule has 2 aromatic heterocycles. The lowest BCUT2D eigenvalue weighted by atomic mass is 10.2. The van der Waals surface area contributed by atoms with Gasteiger partial charge in [-0.15, -0.1) is 0 Å². The summed E-state index contributed by atoms with van der Waals surface area (Å²) in [5.74, 6) is -0.715. The first-order chi connectivity index (χ1) is 19.9. The summed E-state index contributed by atoms with van der Waals surface area (Å²) in [5.41, 5.74) is 0.819. The Morgan fingerprint density at radius 1 is 0.929 bits per heavy atom. The average Bonchev–Trinajstić information content (AvgIpc) is 2.91. The zero-order valence-electron chi connectivity index (χ0n) is 24.1.